The zero-order valence-corrected chi connectivity index (χ0v) is 8.95. The quantitative estimate of drug-likeness (QED) is 0.755. The van der Waals surface area contributed by atoms with E-state index in [-0.39, 0.29) is 6.10 Å². The van der Waals surface area contributed by atoms with Crippen LogP contribution in [0.15, 0.2) is 0 Å². The second-order valence-corrected chi connectivity index (χ2v) is 4.84. The Kier molecular flexibility index (Phi) is 3.82. The summed E-state index contributed by atoms with van der Waals surface area (Å²) in [6.45, 7) is 0.905. The van der Waals surface area contributed by atoms with Gasteiger partial charge in [-0.25, -0.2) is 0 Å². The van der Waals surface area contributed by atoms with Crippen LogP contribution >= 0.6 is 0 Å². The largest absolute Gasteiger partial charge is 0.393 e. The monoisotopic (exact) mass is 198 g/mol. The van der Waals surface area contributed by atoms with Crippen molar-refractivity contribution in [2.75, 3.05) is 6.61 Å². The Bertz CT molecular complexity index is 158. The van der Waals surface area contributed by atoms with Gasteiger partial charge < -0.3 is 9.84 Å². The third-order valence-corrected chi connectivity index (χ3v) is 3.72. The molecule has 1 N–H and O–H groups in total. The summed E-state index contributed by atoms with van der Waals surface area (Å²) >= 11 is 0. The number of aliphatic hydroxyl groups excluding tert-OH is 1. The number of hydrogen-bond acceptors (Lipinski definition) is 2. The molecule has 0 aromatic rings. The normalized spacial score (nSPS) is 31.9. The average molecular weight is 198 g/mol. The lowest BCUT2D eigenvalue weighted by atomic mass is 9.83. The minimum Gasteiger partial charge on any atom is -0.393 e. The zero-order chi connectivity index (χ0) is 9.80. The van der Waals surface area contributed by atoms with E-state index < -0.39 is 0 Å². The first-order chi connectivity index (χ1) is 6.86. The molecule has 0 aromatic carbocycles. The van der Waals surface area contributed by atoms with E-state index in [2.05, 4.69) is 0 Å². The molecule has 1 heterocycles. The van der Waals surface area contributed by atoms with Gasteiger partial charge in [0.15, 0.2) is 0 Å². The van der Waals surface area contributed by atoms with Crippen LogP contribution in [0, 0.1) is 5.92 Å². The van der Waals surface area contributed by atoms with Gasteiger partial charge in [0.05, 0.1) is 12.2 Å². The molecule has 2 nitrogen and oxygen atoms in total. The van der Waals surface area contributed by atoms with Crippen LogP contribution in [0.2, 0.25) is 0 Å². The van der Waals surface area contributed by atoms with Crippen molar-refractivity contribution in [3.05, 3.63) is 0 Å². The fourth-order valence-corrected chi connectivity index (χ4v) is 2.81. The molecule has 0 radical (unpaired) electrons. The Hall–Kier alpha value is -0.0800. The van der Waals surface area contributed by atoms with Crippen molar-refractivity contribution in [1.82, 2.24) is 0 Å². The maximum absolute atomic E-state index is 10.1. The van der Waals surface area contributed by atoms with E-state index in [0.29, 0.717) is 12.0 Å². The molecule has 0 amide bonds. The fraction of sp³-hybridized carbons (Fsp3) is 1.00. The maximum Gasteiger partial charge on any atom is 0.0600 e. The van der Waals surface area contributed by atoms with Crippen molar-refractivity contribution in [2.45, 2.75) is 63.6 Å². The smallest absolute Gasteiger partial charge is 0.0600 e. The number of rotatable bonds is 3. The molecular formula is C12H22O2. The summed E-state index contributed by atoms with van der Waals surface area (Å²) < 4.78 is 5.55. The van der Waals surface area contributed by atoms with Crippen LogP contribution in [0.3, 0.4) is 0 Å². The van der Waals surface area contributed by atoms with Crippen LogP contribution in [0.4, 0.5) is 0 Å². The summed E-state index contributed by atoms with van der Waals surface area (Å²) in [6.07, 6.45) is 9.92. The van der Waals surface area contributed by atoms with Gasteiger partial charge in [-0.05, 0) is 38.0 Å². The third kappa shape index (κ3) is 2.71. The summed E-state index contributed by atoms with van der Waals surface area (Å²) in [5.41, 5.74) is 0. The van der Waals surface area contributed by atoms with Gasteiger partial charge >= 0.3 is 0 Å². The number of hydrogen-bond donors (Lipinski definition) is 1. The van der Waals surface area contributed by atoms with Gasteiger partial charge in [-0.2, -0.15) is 0 Å². The van der Waals surface area contributed by atoms with Crippen molar-refractivity contribution >= 4 is 0 Å². The molecule has 1 aliphatic heterocycles. The first-order valence-corrected chi connectivity index (χ1v) is 6.16. The molecule has 1 saturated carbocycles. The first-order valence-electron chi connectivity index (χ1n) is 6.16. The van der Waals surface area contributed by atoms with Gasteiger partial charge in [0.2, 0.25) is 0 Å². The minimum absolute atomic E-state index is 0.0987. The number of aliphatic hydroxyl groups is 1. The Labute approximate surface area is 86.6 Å². The SMILES string of the molecule is OC(CC1CCCO1)C1CCCCC1. The van der Waals surface area contributed by atoms with Gasteiger partial charge in [0.25, 0.3) is 0 Å². The molecule has 0 aromatic heterocycles. The minimum atomic E-state index is -0.0987. The van der Waals surface area contributed by atoms with Crippen LogP contribution in [-0.4, -0.2) is 23.9 Å². The predicted octanol–water partition coefficient (Wildman–Crippen LogP) is 2.50. The Morgan fingerprint density at radius 2 is 1.86 bits per heavy atom. The van der Waals surface area contributed by atoms with Crippen molar-refractivity contribution in [1.29, 1.82) is 0 Å². The molecule has 1 saturated heterocycles. The van der Waals surface area contributed by atoms with E-state index >= 15 is 0 Å². The zero-order valence-electron chi connectivity index (χ0n) is 8.95. The molecular weight excluding hydrogens is 176 g/mol. The van der Waals surface area contributed by atoms with E-state index in [9.17, 15) is 5.11 Å². The Morgan fingerprint density at radius 3 is 2.50 bits per heavy atom. The second-order valence-electron chi connectivity index (χ2n) is 4.84. The summed E-state index contributed by atoms with van der Waals surface area (Å²) in [4.78, 5) is 0. The van der Waals surface area contributed by atoms with Crippen LogP contribution in [0.5, 0.6) is 0 Å². The molecule has 2 atom stereocenters. The molecule has 2 unspecified atom stereocenters. The molecule has 14 heavy (non-hydrogen) atoms. The van der Waals surface area contributed by atoms with Crippen molar-refractivity contribution in [3.63, 3.8) is 0 Å². The molecule has 82 valence electrons. The Morgan fingerprint density at radius 1 is 1.07 bits per heavy atom. The highest BCUT2D eigenvalue weighted by molar-refractivity contribution is 4.77. The van der Waals surface area contributed by atoms with E-state index in [4.69, 9.17) is 4.74 Å². The molecule has 2 fully saturated rings. The second kappa shape index (κ2) is 5.13. The van der Waals surface area contributed by atoms with Gasteiger partial charge in [0, 0.05) is 6.61 Å². The van der Waals surface area contributed by atoms with Gasteiger partial charge in [0.1, 0.15) is 0 Å². The topological polar surface area (TPSA) is 29.5 Å². The van der Waals surface area contributed by atoms with Crippen molar-refractivity contribution in [3.8, 4) is 0 Å². The maximum atomic E-state index is 10.1. The van der Waals surface area contributed by atoms with Crippen LogP contribution in [0.25, 0.3) is 0 Å². The highest BCUT2D eigenvalue weighted by atomic mass is 16.5. The summed E-state index contributed by atoms with van der Waals surface area (Å²) in [5.74, 6) is 0.563. The van der Waals surface area contributed by atoms with Crippen LogP contribution in [-0.2, 0) is 4.74 Å². The molecule has 2 aliphatic rings. The fourth-order valence-electron chi connectivity index (χ4n) is 2.81. The standard InChI is InChI=1S/C12H22O2/c13-12(9-11-7-4-8-14-11)10-5-2-1-3-6-10/h10-13H,1-9H2. The summed E-state index contributed by atoms with van der Waals surface area (Å²) in [6, 6.07) is 0. The molecule has 1 aliphatic carbocycles. The summed E-state index contributed by atoms with van der Waals surface area (Å²) in [7, 11) is 0. The highest BCUT2D eigenvalue weighted by Gasteiger charge is 2.26. The average Bonchev–Trinajstić information content (AvgIpc) is 2.72. The molecule has 2 heteroatoms. The lowest BCUT2D eigenvalue weighted by molar-refractivity contribution is 0.0177. The Balaban J connectivity index is 1.72. The van der Waals surface area contributed by atoms with E-state index in [0.717, 1.165) is 19.4 Å². The lowest BCUT2D eigenvalue weighted by Crippen LogP contribution is -2.27. The van der Waals surface area contributed by atoms with Crippen molar-refractivity contribution < 1.29 is 9.84 Å². The van der Waals surface area contributed by atoms with E-state index in [1.807, 2.05) is 0 Å². The lowest BCUT2D eigenvalue weighted by Gasteiger charge is -2.27. The third-order valence-electron chi connectivity index (χ3n) is 3.72. The van der Waals surface area contributed by atoms with Gasteiger partial charge in [-0.15, -0.1) is 0 Å². The molecule has 0 bridgehead atoms. The van der Waals surface area contributed by atoms with Gasteiger partial charge in [-0.1, -0.05) is 19.3 Å². The van der Waals surface area contributed by atoms with Gasteiger partial charge in [-0.3, -0.25) is 0 Å². The molecule has 0 spiro atoms. The van der Waals surface area contributed by atoms with E-state index in [1.165, 1.54) is 38.5 Å². The van der Waals surface area contributed by atoms with Crippen molar-refractivity contribution in [2.24, 2.45) is 5.92 Å². The van der Waals surface area contributed by atoms with E-state index in [1.54, 1.807) is 0 Å². The van der Waals surface area contributed by atoms with Crippen LogP contribution in [0.1, 0.15) is 51.4 Å². The molecule has 2 rings (SSSR count). The summed E-state index contributed by atoms with van der Waals surface area (Å²) in [5, 5.41) is 10.1. The predicted molar refractivity (Wildman–Crippen MR) is 56.2 cm³/mol. The number of ether oxygens (including phenoxy) is 1. The first kappa shape index (κ1) is 10.4. The highest BCUT2D eigenvalue weighted by Crippen LogP contribution is 2.30. The van der Waals surface area contributed by atoms with Crippen LogP contribution < -0.4 is 0 Å².